The number of hydrogen-bond donors (Lipinski definition) is 0. The summed E-state index contributed by atoms with van der Waals surface area (Å²) in [5, 5.41) is 6.01. The monoisotopic (exact) mass is 730 g/mol. The van der Waals surface area contributed by atoms with Gasteiger partial charge in [-0.2, -0.15) is 0 Å². The second-order valence-electron chi connectivity index (χ2n) is 13.0. The van der Waals surface area contributed by atoms with Crippen LogP contribution in [0.15, 0.2) is 158 Å². The van der Waals surface area contributed by atoms with E-state index in [1.807, 2.05) is 24.3 Å². The molecule has 248 valence electrons. The van der Waals surface area contributed by atoms with E-state index in [1.54, 1.807) is 34.0 Å². The zero-order chi connectivity index (χ0) is 34.9. The molecule has 0 aliphatic heterocycles. The molecule has 4 nitrogen and oxygen atoms in total. The highest BCUT2D eigenvalue weighted by atomic mass is 32.1. The van der Waals surface area contributed by atoms with Crippen LogP contribution in [0.3, 0.4) is 0 Å². The molecule has 0 radical (unpaired) electrons. The van der Waals surface area contributed by atoms with Gasteiger partial charge in [-0.25, -0.2) is 19.9 Å². The van der Waals surface area contributed by atoms with Crippen LogP contribution >= 0.6 is 34.0 Å². The standard InChI is InChI=1S/C46H26N4S3/c1-2-9-28(10-3-1)43-48-44(31-21-23-33-32-11-4-6-15-38(32)51-41(33)26-31)50-45(49-43)35-13-8-12-34-36-25-30(22-24-39(36)52-42(34)35)27-17-19-29(20-18-27)46-47-37-14-5-7-16-40(37)53-46/h1-26H. The van der Waals surface area contributed by atoms with E-state index in [0.29, 0.717) is 17.5 Å². The van der Waals surface area contributed by atoms with Gasteiger partial charge < -0.3 is 0 Å². The number of hydrogen-bond acceptors (Lipinski definition) is 7. The minimum atomic E-state index is 0.664. The van der Waals surface area contributed by atoms with Crippen LogP contribution in [0.25, 0.3) is 106 Å². The molecule has 0 fully saturated rings. The lowest BCUT2D eigenvalue weighted by atomic mass is 10.0. The quantitative estimate of drug-likeness (QED) is 0.177. The summed E-state index contributed by atoms with van der Waals surface area (Å²) in [6.07, 6.45) is 0. The Labute approximate surface area is 316 Å². The van der Waals surface area contributed by atoms with Crippen LogP contribution in [0.5, 0.6) is 0 Å². The average molecular weight is 731 g/mol. The van der Waals surface area contributed by atoms with E-state index in [1.165, 1.54) is 56.2 Å². The van der Waals surface area contributed by atoms with Crippen molar-refractivity contribution in [2.75, 3.05) is 0 Å². The maximum Gasteiger partial charge on any atom is 0.165 e. The van der Waals surface area contributed by atoms with Gasteiger partial charge in [0, 0.05) is 62.6 Å². The first-order chi connectivity index (χ1) is 26.2. The Morgan fingerprint density at radius 3 is 1.85 bits per heavy atom. The molecule has 0 N–H and O–H groups in total. The van der Waals surface area contributed by atoms with Crippen molar-refractivity contribution >= 4 is 84.6 Å². The summed E-state index contributed by atoms with van der Waals surface area (Å²) in [6.45, 7) is 0. The van der Waals surface area contributed by atoms with Crippen molar-refractivity contribution < 1.29 is 0 Å². The Morgan fingerprint density at radius 2 is 0.981 bits per heavy atom. The molecule has 11 aromatic rings. The number of thiophene rings is 2. The number of rotatable bonds is 5. The molecule has 7 aromatic carbocycles. The summed E-state index contributed by atoms with van der Waals surface area (Å²) in [7, 11) is 0. The van der Waals surface area contributed by atoms with Gasteiger partial charge in [0.2, 0.25) is 0 Å². The van der Waals surface area contributed by atoms with Crippen molar-refractivity contribution in [3.63, 3.8) is 0 Å². The van der Waals surface area contributed by atoms with Crippen LogP contribution in [0.2, 0.25) is 0 Å². The lowest BCUT2D eigenvalue weighted by Gasteiger charge is -2.09. The smallest absolute Gasteiger partial charge is 0.165 e. The van der Waals surface area contributed by atoms with E-state index in [-0.39, 0.29) is 0 Å². The molecule has 11 rings (SSSR count). The fourth-order valence-corrected chi connectivity index (χ4v) is 10.5. The molecule has 0 saturated carbocycles. The van der Waals surface area contributed by atoms with Gasteiger partial charge >= 0.3 is 0 Å². The predicted molar refractivity (Wildman–Crippen MR) is 226 cm³/mol. The average Bonchev–Trinajstić information content (AvgIpc) is 3.94. The van der Waals surface area contributed by atoms with Crippen molar-refractivity contribution in [2.45, 2.75) is 0 Å². The molecule has 0 amide bonds. The zero-order valence-corrected chi connectivity index (χ0v) is 30.5. The van der Waals surface area contributed by atoms with E-state index in [2.05, 4.69) is 133 Å². The fourth-order valence-electron chi connectivity index (χ4n) is 7.16. The molecule has 4 aromatic heterocycles. The molecule has 0 bridgehead atoms. The predicted octanol–water partition coefficient (Wildman–Crippen LogP) is 13.6. The third kappa shape index (κ3) is 5.24. The number of nitrogens with zero attached hydrogens (tertiary/aromatic N) is 4. The van der Waals surface area contributed by atoms with Crippen LogP contribution in [0.4, 0.5) is 0 Å². The molecule has 0 aliphatic carbocycles. The van der Waals surface area contributed by atoms with Gasteiger partial charge in [0.1, 0.15) is 5.01 Å². The molecule has 0 aliphatic rings. The van der Waals surface area contributed by atoms with Crippen LogP contribution in [-0.4, -0.2) is 19.9 Å². The van der Waals surface area contributed by atoms with E-state index in [9.17, 15) is 0 Å². The summed E-state index contributed by atoms with van der Waals surface area (Å²) in [5.41, 5.74) is 7.49. The summed E-state index contributed by atoms with van der Waals surface area (Å²) >= 11 is 5.33. The van der Waals surface area contributed by atoms with Gasteiger partial charge in [-0.05, 0) is 53.6 Å². The van der Waals surface area contributed by atoms with Gasteiger partial charge in [0.15, 0.2) is 17.5 Å². The lowest BCUT2D eigenvalue weighted by molar-refractivity contribution is 1.08. The van der Waals surface area contributed by atoms with E-state index < -0.39 is 0 Å². The largest absolute Gasteiger partial charge is 0.236 e. The molecule has 0 atom stereocenters. The van der Waals surface area contributed by atoms with E-state index >= 15 is 0 Å². The van der Waals surface area contributed by atoms with Gasteiger partial charge in [-0.15, -0.1) is 34.0 Å². The first-order valence-corrected chi connectivity index (χ1v) is 19.8. The highest BCUT2D eigenvalue weighted by Crippen LogP contribution is 2.42. The zero-order valence-electron chi connectivity index (χ0n) is 28.0. The molecule has 7 heteroatoms. The number of thiazole rings is 1. The summed E-state index contributed by atoms with van der Waals surface area (Å²) < 4.78 is 6.11. The number of benzene rings is 7. The summed E-state index contributed by atoms with van der Waals surface area (Å²) in [6, 6.07) is 55.7. The molecule has 0 saturated heterocycles. The van der Waals surface area contributed by atoms with E-state index in [0.717, 1.165) is 32.8 Å². The lowest BCUT2D eigenvalue weighted by Crippen LogP contribution is -2.00. The van der Waals surface area contributed by atoms with Gasteiger partial charge in [0.05, 0.1) is 10.2 Å². The first-order valence-electron chi connectivity index (χ1n) is 17.4. The second-order valence-corrected chi connectivity index (χ2v) is 16.2. The number of fused-ring (bicyclic) bond motifs is 7. The van der Waals surface area contributed by atoms with Gasteiger partial charge in [0.25, 0.3) is 0 Å². The van der Waals surface area contributed by atoms with Gasteiger partial charge in [-0.1, -0.05) is 115 Å². The highest BCUT2D eigenvalue weighted by molar-refractivity contribution is 7.26. The fraction of sp³-hybridized carbons (Fsp3) is 0. The van der Waals surface area contributed by atoms with Gasteiger partial charge in [-0.3, -0.25) is 0 Å². The van der Waals surface area contributed by atoms with Crippen LogP contribution in [-0.2, 0) is 0 Å². The molecular formula is C46H26N4S3. The van der Waals surface area contributed by atoms with Crippen LogP contribution in [0.1, 0.15) is 0 Å². The Morgan fingerprint density at radius 1 is 0.321 bits per heavy atom. The number of para-hydroxylation sites is 1. The van der Waals surface area contributed by atoms with Crippen LogP contribution in [0, 0.1) is 0 Å². The molecular weight excluding hydrogens is 705 g/mol. The third-order valence-electron chi connectivity index (χ3n) is 9.80. The van der Waals surface area contributed by atoms with E-state index in [4.69, 9.17) is 19.9 Å². The Kier molecular flexibility index (Phi) is 7.05. The minimum Gasteiger partial charge on any atom is -0.236 e. The summed E-state index contributed by atoms with van der Waals surface area (Å²) in [5.74, 6) is 2.01. The maximum atomic E-state index is 5.18. The Bertz CT molecular complexity index is 3140. The normalized spacial score (nSPS) is 11.8. The summed E-state index contributed by atoms with van der Waals surface area (Å²) in [4.78, 5) is 20.2. The highest BCUT2D eigenvalue weighted by Gasteiger charge is 2.18. The third-order valence-corrected chi connectivity index (χ3v) is 13.2. The Balaban J connectivity index is 1.01. The molecule has 0 spiro atoms. The minimum absolute atomic E-state index is 0.664. The topological polar surface area (TPSA) is 51.6 Å². The SMILES string of the molecule is c1ccc(-c2nc(-c3ccc4c(c3)sc3ccccc34)nc(-c3cccc4c3sc3ccc(-c5ccc(-c6nc7ccccc7s6)cc5)cc34)n2)cc1. The van der Waals surface area contributed by atoms with Crippen molar-refractivity contribution in [3.8, 4) is 55.9 Å². The van der Waals surface area contributed by atoms with Crippen molar-refractivity contribution in [1.29, 1.82) is 0 Å². The maximum absolute atomic E-state index is 5.18. The van der Waals surface area contributed by atoms with Crippen molar-refractivity contribution in [1.82, 2.24) is 19.9 Å². The van der Waals surface area contributed by atoms with Crippen LogP contribution < -0.4 is 0 Å². The van der Waals surface area contributed by atoms with Crippen molar-refractivity contribution in [2.24, 2.45) is 0 Å². The first kappa shape index (κ1) is 30.5. The Hall–Kier alpha value is -6.12. The second kappa shape index (κ2) is 12.2. The number of aromatic nitrogens is 4. The molecule has 0 unspecified atom stereocenters. The molecule has 4 heterocycles. The molecule has 53 heavy (non-hydrogen) atoms. The van der Waals surface area contributed by atoms with Crippen molar-refractivity contribution in [3.05, 3.63) is 158 Å².